The highest BCUT2D eigenvalue weighted by molar-refractivity contribution is 6.29. The lowest BCUT2D eigenvalue weighted by molar-refractivity contribution is -0.141. The molecule has 0 aliphatic heterocycles. The molecule has 2 rings (SSSR count). The van der Waals surface area contributed by atoms with E-state index >= 15 is 0 Å². The van der Waals surface area contributed by atoms with Crippen LogP contribution < -0.4 is 5.32 Å². The molecule has 1 N–H and O–H groups in total. The van der Waals surface area contributed by atoms with Gasteiger partial charge in [-0.3, -0.25) is 0 Å². The average molecular weight is 278 g/mol. The lowest BCUT2D eigenvalue weighted by Crippen LogP contribution is -2.22. The number of carbonyl (C=O) groups is 1. The number of carbonyl (C=O) groups excluding carboxylic acids is 1. The molecule has 1 unspecified atom stereocenters. The Kier molecular flexibility index (Phi) is 4.30. The lowest BCUT2D eigenvalue weighted by Gasteiger charge is -2.17. The molecular weight excluding hydrogens is 266 g/mol. The van der Waals surface area contributed by atoms with Crippen molar-refractivity contribution in [2.24, 2.45) is 0 Å². The van der Waals surface area contributed by atoms with Crippen molar-refractivity contribution in [1.29, 1.82) is 0 Å². The zero-order valence-corrected chi connectivity index (χ0v) is 11.0. The molecule has 0 bridgehead atoms. The quantitative estimate of drug-likeness (QED) is 0.687. The number of ether oxygens (including phenoxy) is 1. The van der Waals surface area contributed by atoms with Crippen LogP contribution in [0.25, 0.3) is 0 Å². The van der Waals surface area contributed by atoms with E-state index in [4.69, 9.17) is 16.3 Å². The molecule has 98 valence electrons. The van der Waals surface area contributed by atoms with E-state index in [0.717, 1.165) is 5.56 Å². The molecule has 0 amide bonds. The minimum atomic E-state index is -0.642. The second-order valence-corrected chi connectivity index (χ2v) is 4.12. The normalized spacial score (nSPS) is 11.7. The fourth-order valence-electron chi connectivity index (χ4n) is 1.60. The van der Waals surface area contributed by atoms with Crippen molar-refractivity contribution >= 4 is 23.4 Å². The summed E-state index contributed by atoms with van der Waals surface area (Å²) in [4.78, 5) is 19.6. The Morgan fingerprint density at radius 1 is 1.32 bits per heavy atom. The number of aromatic nitrogens is 2. The maximum Gasteiger partial charge on any atom is 0.333 e. The summed E-state index contributed by atoms with van der Waals surface area (Å²) in [6.07, 6.45) is 1.32. The first-order valence-corrected chi connectivity index (χ1v) is 5.95. The number of hydrogen-bond donors (Lipinski definition) is 1. The van der Waals surface area contributed by atoms with Crippen LogP contribution in [0, 0.1) is 0 Å². The van der Waals surface area contributed by atoms with Gasteiger partial charge < -0.3 is 10.1 Å². The van der Waals surface area contributed by atoms with E-state index in [0.29, 0.717) is 11.0 Å². The molecule has 0 saturated carbocycles. The van der Waals surface area contributed by atoms with Crippen LogP contribution >= 0.6 is 11.6 Å². The first kappa shape index (κ1) is 13.3. The zero-order chi connectivity index (χ0) is 13.7. The number of hydrogen-bond acceptors (Lipinski definition) is 5. The zero-order valence-electron chi connectivity index (χ0n) is 10.2. The molecule has 2 aromatic rings. The molecule has 6 heteroatoms. The van der Waals surface area contributed by atoms with Gasteiger partial charge in [0.25, 0.3) is 0 Å². The van der Waals surface area contributed by atoms with Gasteiger partial charge in [0.05, 0.1) is 7.11 Å². The van der Waals surface area contributed by atoms with Gasteiger partial charge in [0.1, 0.15) is 17.3 Å². The number of halogens is 1. The standard InChI is InChI=1S/C13H12ClN3O2/c1-19-13(18)12(9-5-3-2-4-6-9)17-11-7-10(14)15-8-16-11/h2-8,12H,1H3,(H,15,16,17). The highest BCUT2D eigenvalue weighted by Gasteiger charge is 2.21. The van der Waals surface area contributed by atoms with Gasteiger partial charge in [-0.2, -0.15) is 0 Å². The predicted octanol–water partition coefficient (Wildman–Crippen LogP) is 2.46. The van der Waals surface area contributed by atoms with Crippen molar-refractivity contribution in [3.63, 3.8) is 0 Å². The third-order valence-corrected chi connectivity index (χ3v) is 2.70. The third-order valence-electron chi connectivity index (χ3n) is 2.50. The van der Waals surface area contributed by atoms with Crippen LogP contribution in [-0.2, 0) is 9.53 Å². The maximum absolute atomic E-state index is 11.8. The minimum absolute atomic E-state index is 0.300. The summed E-state index contributed by atoms with van der Waals surface area (Å²) in [6.45, 7) is 0. The third kappa shape index (κ3) is 3.42. The van der Waals surface area contributed by atoms with Crippen LogP contribution in [0.1, 0.15) is 11.6 Å². The van der Waals surface area contributed by atoms with Gasteiger partial charge in [-0.25, -0.2) is 14.8 Å². The second kappa shape index (κ2) is 6.15. The highest BCUT2D eigenvalue weighted by Crippen LogP contribution is 2.20. The molecule has 1 heterocycles. The van der Waals surface area contributed by atoms with E-state index in [1.807, 2.05) is 30.3 Å². The molecule has 0 fully saturated rings. The van der Waals surface area contributed by atoms with Gasteiger partial charge in [0, 0.05) is 6.07 Å². The number of methoxy groups -OCH3 is 1. The number of rotatable bonds is 4. The van der Waals surface area contributed by atoms with E-state index < -0.39 is 12.0 Å². The Morgan fingerprint density at radius 2 is 2.05 bits per heavy atom. The largest absolute Gasteiger partial charge is 0.467 e. The first-order valence-electron chi connectivity index (χ1n) is 5.57. The molecule has 0 radical (unpaired) electrons. The topological polar surface area (TPSA) is 64.1 Å². The van der Waals surface area contributed by atoms with Crippen LogP contribution in [0.2, 0.25) is 5.15 Å². The van der Waals surface area contributed by atoms with Crippen molar-refractivity contribution in [1.82, 2.24) is 9.97 Å². The number of nitrogens with zero attached hydrogens (tertiary/aromatic N) is 2. The van der Waals surface area contributed by atoms with Crippen LogP contribution in [0.5, 0.6) is 0 Å². The van der Waals surface area contributed by atoms with Gasteiger partial charge >= 0.3 is 5.97 Å². The van der Waals surface area contributed by atoms with E-state index in [2.05, 4.69) is 15.3 Å². The van der Waals surface area contributed by atoms with Gasteiger partial charge in [0.2, 0.25) is 0 Å². The molecule has 1 atom stereocenters. The van der Waals surface area contributed by atoms with E-state index in [9.17, 15) is 4.79 Å². The van der Waals surface area contributed by atoms with Crippen LogP contribution in [0.3, 0.4) is 0 Å². The van der Waals surface area contributed by atoms with Crippen molar-refractivity contribution in [3.05, 3.63) is 53.4 Å². The smallest absolute Gasteiger partial charge is 0.333 e. The fourth-order valence-corrected chi connectivity index (χ4v) is 1.75. The monoisotopic (exact) mass is 277 g/mol. The van der Waals surface area contributed by atoms with Crippen molar-refractivity contribution < 1.29 is 9.53 Å². The summed E-state index contributed by atoms with van der Waals surface area (Å²) in [5.41, 5.74) is 0.782. The number of nitrogens with one attached hydrogen (secondary N) is 1. The summed E-state index contributed by atoms with van der Waals surface area (Å²) in [7, 11) is 1.34. The first-order chi connectivity index (χ1) is 9.20. The Morgan fingerprint density at radius 3 is 2.68 bits per heavy atom. The Hall–Kier alpha value is -2.14. The number of benzene rings is 1. The molecule has 0 aliphatic rings. The van der Waals surface area contributed by atoms with E-state index in [-0.39, 0.29) is 0 Å². The van der Waals surface area contributed by atoms with Crippen molar-refractivity contribution in [3.8, 4) is 0 Å². The van der Waals surface area contributed by atoms with E-state index in [1.54, 1.807) is 6.07 Å². The van der Waals surface area contributed by atoms with E-state index in [1.165, 1.54) is 13.4 Å². The predicted molar refractivity (Wildman–Crippen MR) is 71.9 cm³/mol. The molecule has 19 heavy (non-hydrogen) atoms. The summed E-state index contributed by atoms with van der Waals surface area (Å²) in [6, 6.07) is 10.1. The molecular formula is C13H12ClN3O2. The Labute approximate surface area is 115 Å². The van der Waals surface area contributed by atoms with Crippen LogP contribution in [-0.4, -0.2) is 23.0 Å². The van der Waals surface area contributed by atoms with Crippen LogP contribution in [0.4, 0.5) is 5.82 Å². The van der Waals surface area contributed by atoms with Gasteiger partial charge in [-0.05, 0) is 5.56 Å². The van der Waals surface area contributed by atoms with Crippen molar-refractivity contribution in [2.75, 3.05) is 12.4 Å². The average Bonchev–Trinajstić information content (AvgIpc) is 2.45. The molecule has 0 aliphatic carbocycles. The summed E-state index contributed by atoms with van der Waals surface area (Å²) in [5, 5.41) is 3.28. The molecule has 0 saturated heterocycles. The summed E-state index contributed by atoms with van der Waals surface area (Å²) < 4.78 is 4.79. The summed E-state index contributed by atoms with van der Waals surface area (Å²) >= 11 is 5.78. The summed E-state index contributed by atoms with van der Waals surface area (Å²) in [5.74, 6) is 0.0557. The molecule has 0 spiro atoms. The SMILES string of the molecule is COC(=O)C(Nc1cc(Cl)ncn1)c1ccccc1. The lowest BCUT2D eigenvalue weighted by atomic mass is 10.1. The van der Waals surface area contributed by atoms with Crippen LogP contribution in [0.15, 0.2) is 42.7 Å². The molecule has 5 nitrogen and oxygen atoms in total. The maximum atomic E-state index is 11.8. The molecule has 1 aromatic heterocycles. The van der Waals surface area contributed by atoms with Gasteiger partial charge in [0.15, 0.2) is 6.04 Å². The molecule has 1 aromatic carbocycles. The second-order valence-electron chi connectivity index (χ2n) is 3.74. The highest BCUT2D eigenvalue weighted by atomic mass is 35.5. The fraction of sp³-hybridized carbons (Fsp3) is 0.154. The Balaban J connectivity index is 2.27. The minimum Gasteiger partial charge on any atom is -0.467 e. The number of esters is 1. The van der Waals surface area contributed by atoms with Gasteiger partial charge in [-0.1, -0.05) is 41.9 Å². The van der Waals surface area contributed by atoms with Crippen molar-refractivity contribution in [2.45, 2.75) is 6.04 Å². The number of anilines is 1. The Bertz CT molecular complexity index is 563. The van der Waals surface area contributed by atoms with Gasteiger partial charge in [-0.15, -0.1) is 0 Å².